The maximum atomic E-state index is 2.35. The third-order valence-corrected chi connectivity index (χ3v) is 5.98. The zero-order valence-electron chi connectivity index (χ0n) is 15.7. The molecule has 0 N–H and O–H groups in total. The molecule has 0 radical (unpaired) electrons. The molecule has 0 aliphatic carbocycles. The first-order valence-electron chi connectivity index (χ1n) is 9.51. The number of hydrogen-bond acceptors (Lipinski definition) is 1. The van der Waals surface area contributed by atoms with Crippen LogP contribution in [0.5, 0.6) is 0 Å². The van der Waals surface area contributed by atoms with E-state index in [1.807, 2.05) is 0 Å². The molecular formula is C27H20S. The summed E-state index contributed by atoms with van der Waals surface area (Å²) in [6, 6.07) is 30.7. The van der Waals surface area contributed by atoms with Gasteiger partial charge in [-0.2, -0.15) is 11.3 Å². The fourth-order valence-electron chi connectivity index (χ4n) is 3.84. The molecule has 1 aromatic heterocycles. The second-order valence-corrected chi connectivity index (χ2v) is 7.95. The van der Waals surface area contributed by atoms with E-state index in [1.165, 1.54) is 49.4 Å². The summed E-state index contributed by atoms with van der Waals surface area (Å²) in [6.07, 6.45) is 2.35. The van der Waals surface area contributed by atoms with Gasteiger partial charge in [0.15, 0.2) is 0 Å². The minimum absolute atomic E-state index is 1.25. The van der Waals surface area contributed by atoms with Gasteiger partial charge in [0.05, 0.1) is 0 Å². The van der Waals surface area contributed by atoms with Gasteiger partial charge in [-0.3, -0.25) is 0 Å². The van der Waals surface area contributed by atoms with Crippen molar-refractivity contribution in [2.75, 3.05) is 0 Å². The van der Waals surface area contributed by atoms with E-state index in [-0.39, 0.29) is 0 Å². The number of thiophene rings is 1. The van der Waals surface area contributed by atoms with Crippen LogP contribution in [-0.4, -0.2) is 0 Å². The Morgan fingerprint density at radius 2 is 1.43 bits per heavy atom. The Bertz CT molecular complexity index is 1290. The van der Waals surface area contributed by atoms with Crippen LogP contribution in [0.4, 0.5) is 0 Å². The van der Waals surface area contributed by atoms with Crippen LogP contribution in [0.1, 0.15) is 22.3 Å². The monoisotopic (exact) mass is 376 g/mol. The minimum Gasteiger partial charge on any atom is -0.152 e. The molecule has 1 heteroatoms. The zero-order valence-corrected chi connectivity index (χ0v) is 16.5. The van der Waals surface area contributed by atoms with Crippen LogP contribution >= 0.6 is 11.3 Å². The summed E-state index contributed by atoms with van der Waals surface area (Å²) in [6.45, 7) is 2.13. The van der Waals surface area contributed by atoms with Crippen LogP contribution in [0, 0.1) is 6.92 Å². The summed E-state index contributed by atoms with van der Waals surface area (Å²) >= 11 is 1.74. The predicted molar refractivity (Wildman–Crippen MR) is 124 cm³/mol. The Kier molecular flexibility index (Phi) is 4.31. The first-order chi connectivity index (χ1) is 13.8. The first-order valence-corrected chi connectivity index (χ1v) is 10.5. The van der Waals surface area contributed by atoms with Crippen molar-refractivity contribution in [1.29, 1.82) is 0 Å². The van der Waals surface area contributed by atoms with E-state index >= 15 is 0 Å². The Morgan fingerprint density at radius 1 is 0.714 bits per heavy atom. The van der Waals surface area contributed by atoms with E-state index in [1.54, 1.807) is 11.3 Å². The molecular weight excluding hydrogens is 356 g/mol. The molecule has 1 heterocycles. The maximum absolute atomic E-state index is 2.35. The summed E-state index contributed by atoms with van der Waals surface area (Å²) in [5.74, 6) is 0. The molecule has 0 spiro atoms. The highest BCUT2D eigenvalue weighted by Crippen LogP contribution is 2.33. The lowest BCUT2D eigenvalue weighted by Crippen LogP contribution is -1.88. The number of rotatable bonds is 3. The van der Waals surface area contributed by atoms with Gasteiger partial charge in [0.25, 0.3) is 0 Å². The van der Waals surface area contributed by atoms with E-state index in [0.717, 1.165) is 0 Å². The Hall–Kier alpha value is -3.16. The summed E-state index contributed by atoms with van der Waals surface area (Å²) in [5, 5.41) is 9.57. The number of benzene rings is 4. The molecule has 0 saturated heterocycles. The third kappa shape index (κ3) is 3.04. The molecule has 5 rings (SSSR count). The topological polar surface area (TPSA) is 0 Å². The van der Waals surface area contributed by atoms with Crippen LogP contribution in [0.3, 0.4) is 0 Å². The van der Waals surface area contributed by atoms with Crippen molar-refractivity contribution in [2.45, 2.75) is 6.92 Å². The van der Waals surface area contributed by atoms with Gasteiger partial charge < -0.3 is 0 Å². The van der Waals surface area contributed by atoms with Crippen LogP contribution in [-0.2, 0) is 0 Å². The van der Waals surface area contributed by atoms with Gasteiger partial charge in [-0.1, -0.05) is 78.4 Å². The van der Waals surface area contributed by atoms with Gasteiger partial charge in [-0.25, -0.2) is 0 Å². The lowest BCUT2D eigenvalue weighted by atomic mass is 9.92. The van der Waals surface area contributed by atoms with Gasteiger partial charge in [0.2, 0.25) is 0 Å². The van der Waals surface area contributed by atoms with Gasteiger partial charge >= 0.3 is 0 Å². The quantitative estimate of drug-likeness (QED) is 0.221. The average Bonchev–Trinajstić information content (AvgIpc) is 3.27. The van der Waals surface area contributed by atoms with Crippen LogP contribution in [0.25, 0.3) is 33.2 Å². The molecule has 0 nitrogen and oxygen atoms in total. The minimum atomic E-state index is 1.25. The van der Waals surface area contributed by atoms with E-state index in [4.69, 9.17) is 0 Å². The van der Waals surface area contributed by atoms with E-state index in [2.05, 4.69) is 109 Å². The summed E-state index contributed by atoms with van der Waals surface area (Å²) in [5.41, 5.74) is 6.33. The molecule has 0 fully saturated rings. The van der Waals surface area contributed by atoms with Crippen molar-refractivity contribution in [2.24, 2.45) is 0 Å². The van der Waals surface area contributed by atoms with Crippen molar-refractivity contribution in [3.63, 3.8) is 0 Å². The standard InChI is InChI=1S/C27H20S/c1-19-10-12-20(13-11-19)27(22-14-15-28-18-22)17-23-16-21-6-2-3-7-24(21)26-9-5-4-8-25(23)26/h2-18H,1H3/b27-17-. The van der Waals surface area contributed by atoms with Gasteiger partial charge in [-0.05, 0) is 79.7 Å². The average molecular weight is 377 g/mol. The molecule has 0 amide bonds. The van der Waals surface area contributed by atoms with Crippen molar-refractivity contribution in [3.05, 3.63) is 118 Å². The molecule has 0 unspecified atom stereocenters. The predicted octanol–water partition coefficient (Wildman–Crippen LogP) is 7.95. The van der Waals surface area contributed by atoms with Crippen molar-refractivity contribution in [1.82, 2.24) is 0 Å². The second kappa shape index (κ2) is 7.10. The summed E-state index contributed by atoms with van der Waals surface area (Å²) < 4.78 is 0. The molecule has 134 valence electrons. The smallest absolute Gasteiger partial charge is 0.00145 e. The summed E-state index contributed by atoms with van der Waals surface area (Å²) in [7, 11) is 0. The fourth-order valence-corrected chi connectivity index (χ4v) is 4.50. The van der Waals surface area contributed by atoms with Gasteiger partial charge in [0.1, 0.15) is 0 Å². The Morgan fingerprint density at radius 3 is 2.18 bits per heavy atom. The second-order valence-electron chi connectivity index (χ2n) is 7.17. The molecule has 0 atom stereocenters. The van der Waals surface area contributed by atoms with Crippen LogP contribution in [0.15, 0.2) is 95.7 Å². The summed E-state index contributed by atoms with van der Waals surface area (Å²) in [4.78, 5) is 0. The fraction of sp³-hybridized carbons (Fsp3) is 0.0370. The lowest BCUT2D eigenvalue weighted by molar-refractivity contribution is 1.45. The molecule has 0 saturated carbocycles. The van der Waals surface area contributed by atoms with Gasteiger partial charge in [-0.15, -0.1) is 0 Å². The number of fused-ring (bicyclic) bond motifs is 3. The molecule has 28 heavy (non-hydrogen) atoms. The lowest BCUT2D eigenvalue weighted by Gasteiger charge is -2.11. The van der Waals surface area contributed by atoms with E-state index in [0.29, 0.717) is 0 Å². The highest BCUT2D eigenvalue weighted by atomic mass is 32.1. The number of hydrogen-bond donors (Lipinski definition) is 0. The first kappa shape index (κ1) is 17.0. The highest BCUT2D eigenvalue weighted by molar-refractivity contribution is 7.08. The van der Waals surface area contributed by atoms with Crippen molar-refractivity contribution < 1.29 is 0 Å². The molecule has 0 bridgehead atoms. The zero-order chi connectivity index (χ0) is 18.9. The maximum Gasteiger partial charge on any atom is -0.00145 e. The third-order valence-electron chi connectivity index (χ3n) is 5.29. The molecule has 0 aliphatic rings. The SMILES string of the molecule is Cc1ccc(/C(=C/c2cc3ccccc3c3ccccc23)c2ccsc2)cc1. The van der Waals surface area contributed by atoms with Crippen molar-refractivity contribution >= 4 is 44.5 Å². The van der Waals surface area contributed by atoms with Gasteiger partial charge in [0, 0.05) is 0 Å². The number of aryl methyl sites for hydroxylation is 1. The van der Waals surface area contributed by atoms with Crippen molar-refractivity contribution in [3.8, 4) is 0 Å². The highest BCUT2D eigenvalue weighted by Gasteiger charge is 2.09. The van der Waals surface area contributed by atoms with Crippen LogP contribution < -0.4 is 0 Å². The molecule has 0 aliphatic heterocycles. The van der Waals surface area contributed by atoms with E-state index in [9.17, 15) is 0 Å². The Labute approximate surface area is 169 Å². The van der Waals surface area contributed by atoms with E-state index < -0.39 is 0 Å². The molecule has 5 aromatic rings. The molecule has 4 aromatic carbocycles. The normalized spacial score (nSPS) is 12.0. The largest absolute Gasteiger partial charge is 0.152 e. The van der Waals surface area contributed by atoms with Crippen LogP contribution in [0.2, 0.25) is 0 Å². The Balaban J connectivity index is 1.81.